The van der Waals surface area contributed by atoms with E-state index in [-0.39, 0.29) is 0 Å². The standard InChI is InChI=1S/C15H25ClN4O/c1-18-14(16)11-17-15(18)12-19-6-3-13(4-7-19)20-5-2-9-21-10-8-20/h11,13H,2-10,12H2,1H3. The Labute approximate surface area is 131 Å². The highest BCUT2D eigenvalue weighted by molar-refractivity contribution is 6.29. The van der Waals surface area contributed by atoms with E-state index in [4.69, 9.17) is 16.3 Å². The third kappa shape index (κ3) is 3.77. The van der Waals surface area contributed by atoms with Crippen molar-refractivity contribution >= 4 is 11.6 Å². The molecule has 0 aromatic carbocycles. The topological polar surface area (TPSA) is 33.5 Å². The van der Waals surface area contributed by atoms with Gasteiger partial charge in [-0.1, -0.05) is 11.6 Å². The van der Waals surface area contributed by atoms with Crippen LogP contribution in [0.2, 0.25) is 5.15 Å². The highest BCUT2D eigenvalue weighted by atomic mass is 35.5. The smallest absolute Gasteiger partial charge is 0.128 e. The molecule has 118 valence electrons. The lowest BCUT2D eigenvalue weighted by atomic mass is 10.0. The van der Waals surface area contributed by atoms with Crippen molar-refractivity contribution in [2.24, 2.45) is 7.05 Å². The number of imidazole rings is 1. The summed E-state index contributed by atoms with van der Waals surface area (Å²) in [6.45, 7) is 7.30. The number of hydrogen-bond donors (Lipinski definition) is 0. The predicted octanol–water partition coefficient (Wildman–Crippen LogP) is 1.76. The third-order valence-electron chi connectivity index (χ3n) is 4.72. The van der Waals surface area contributed by atoms with Gasteiger partial charge in [-0.2, -0.15) is 0 Å². The van der Waals surface area contributed by atoms with E-state index in [9.17, 15) is 0 Å². The first-order chi connectivity index (χ1) is 10.2. The Balaban J connectivity index is 1.49. The average molecular weight is 313 g/mol. The molecule has 0 saturated carbocycles. The van der Waals surface area contributed by atoms with Gasteiger partial charge in [0.05, 0.1) is 19.3 Å². The van der Waals surface area contributed by atoms with Crippen molar-refractivity contribution in [1.29, 1.82) is 0 Å². The van der Waals surface area contributed by atoms with Gasteiger partial charge in [0, 0.05) is 45.9 Å². The van der Waals surface area contributed by atoms with Gasteiger partial charge in [0.2, 0.25) is 0 Å². The fourth-order valence-corrected chi connectivity index (χ4v) is 3.49. The fraction of sp³-hybridized carbons (Fsp3) is 0.800. The third-order valence-corrected chi connectivity index (χ3v) is 5.07. The lowest BCUT2D eigenvalue weighted by Crippen LogP contribution is -2.45. The molecule has 0 unspecified atom stereocenters. The zero-order valence-electron chi connectivity index (χ0n) is 12.8. The molecule has 0 aliphatic carbocycles. The highest BCUT2D eigenvalue weighted by Crippen LogP contribution is 2.20. The van der Waals surface area contributed by atoms with Crippen molar-refractivity contribution in [3.8, 4) is 0 Å². The fourth-order valence-electron chi connectivity index (χ4n) is 3.34. The second-order valence-electron chi connectivity index (χ2n) is 6.07. The van der Waals surface area contributed by atoms with E-state index in [1.807, 2.05) is 11.6 Å². The molecule has 5 nitrogen and oxygen atoms in total. The predicted molar refractivity (Wildman–Crippen MR) is 83.5 cm³/mol. The van der Waals surface area contributed by atoms with E-state index < -0.39 is 0 Å². The lowest BCUT2D eigenvalue weighted by molar-refractivity contribution is 0.0930. The zero-order chi connectivity index (χ0) is 14.7. The summed E-state index contributed by atoms with van der Waals surface area (Å²) in [6.07, 6.45) is 5.41. The zero-order valence-corrected chi connectivity index (χ0v) is 13.6. The van der Waals surface area contributed by atoms with Crippen LogP contribution >= 0.6 is 11.6 Å². The minimum atomic E-state index is 0.712. The number of nitrogens with zero attached hydrogens (tertiary/aromatic N) is 4. The molecule has 2 saturated heterocycles. The molecular formula is C15H25ClN4O. The van der Waals surface area contributed by atoms with Crippen LogP contribution in [0, 0.1) is 0 Å². The average Bonchev–Trinajstić information content (AvgIpc) is 2.75. The normalized spacial score (nSPS) is 23.3. The Kier molecular flexibility index (Phi) is 5.16. The molecule has 2 fully saturated rings. The van der Waals surface area contributed by atoms with Crippen molar-refractivity contribution in [3.63, 3.8) is 0 Å². The molecule has 0 atom stereocenters. The number of piperidine rings is 1. The van der Waals surface area contributed by atoms with Gasteiger partial charge in [-0.3, -0.25) is 9.80 Å². The van der Waals surface area contributed by atoms with Crippen LogP contribution in [-0.4, -0.2) is 64.8 Å². The van der Waals surface area contributed by atoms with E-state index in [1.54, 1.807) is 6.20 Å². The van der Waals surface area contributed by atoms with Crippen molar-refractivity contribution in [2.45, 2.75) is 31.8 Å². The summed E-state index contributed by atoms with van der Waals surface area (Å²) in [7, 11) is 1.98. The van der Waals surface area contributed by atoms with Gasteiger partial charge in [0.1, 0.15) is 11.0 Å². The SMILES string of the molecule is Cn1c(Cl)cnc1CN1CCC(N2CCCOCC2)CC1. The van der Waals surface area contributed by atoms with Gasteiger partial charge < -0.3 is 9.30 Å². The maximum atomic E-state index is 6.05. The minimum absolute atomic E-state index is 0.712. The number of halogens is 1. The molecule has 3 heterocycles. The molecule has 3 rings (SSSR count). The van der Waals surface area contributed by atoms with Crippen LogP contribution in [-0.2, 0) is 18.3 Å². The number of rotatable bonds is 3. The van der Waals surface area contributed by atoms with Crippen LogP contribution in [0.1, 0.15) is 25.1 Å². The van der Waals surface area contributed by atoms with Crippen LogP contribution in [0.25, 0.3) is 0 Å². The summed E-state index contributed by atoms with van der Waals surface area (Å²) in [5.41, 5.74) is 0. The summed E-state index contributed by atoms with van der Waals surface area (Å²) >= 11 is 6.05. The molecule has 1 aromatic rings. The second kappa shape index (κ2) is 7.09. The number of ether oxygens (including phenoxy) is 1. The van der Waals surface area contributed by atoms with Gasteiger partial charge in [0.25, 0.3) is 0 Å². The summed E-state index contributed by atoms with van der Waals surface area (Å²) in [6, 6.07) is 0.730. The molecule has 6 heteroatoms. The number of likely N-dealkylation sites (tertiary alicyclic amines) is 1. The molecule has 0 spiro atoms. The van der Waals surface area contributed by atoms with E-state index in [0.29, 0.717) is 5.15 Å². The summed E-state index contributed by atoms with van der Waals surface area (Å²) in [5, 5.41) is 0.712. The van der Waals surface area contributed by atoms with Gasteiger partial charge in [0.15, 0.2) is 0 Å². The van der Waals surface area contributed by atoms with Crippen molar-refractivity contribution in [3.05, 3.63) is 17.2 Å². The van der Waals surface area contributed by atoms with Crippen molar-refractivity contribution in [2.75, 3.05) is 39.4 Å². The molecule has 2 aliphatic heterocycles. The Morgan fingerprint density at radius 2 is 2.05 bits per heavy atom. The summed E-state index contributed by atoms with van der Waals surface area (Å²) < 4.78 is 7.53. The highest BCUT2D eigenvalue weighted by Gasteiger charge is 2.25. The lowest BCUT2D eigenvalue weighted by Gasteiger charge is -2.37. The van der Waals surface area contributed by atoms with E-state index in [0.717, 1.165) is 51.3 Å². The van der Waals surface area contributed by atoms with Crippen molar-refractivity contribution < 1.29 is 4.74 Å². The van der Waals surface area contributed by atoms with Gasteiger partial charge in [-0.25, -0.2) is 4.98 Å². The second-order valence-corrected chi connectivity index (χ2v) is 6.45. The Morgan fingerprint density at radius 1 is 1.24 bits per heavy atom. The van der Waals surface area contributed by atoms with Crippen molar-refractivity contribution in [1.82, 2.24) is 19.4 Å². The van der Waals surface area contributed by atoms with Gasteiger partial charge in [-0.15, -0.1) is 0 Å². The summed E-state index contributed by atoms with van der Waals surface area (Å²) in [5.74, 6) is 1.06. The molecule has 0 amide bonds. The first-order valence-corrected chi connectivity index (χ1v) is 8.32. The Hall–Kier alpha value is -0.620. The Bertz CT molecular complexity index is 449. The minimum Gasteiger partial charge on any atom is -0.380 e. The summed E-state index contributed by atoms with van der Waals surface area (Å²) in [4.78, 5) is 9.51. The largest absolute Gasteiger partial charge is 0.380 e. The molecule has 0 bridgehead atoms. The number of aromatic nitrogens is 2. The van der Waals surface area contributed by atoms with Crippen LogP contribution in [0.4, 0.5) is 0 Å². The first-order valence-electron chi connectivity index (χ1n) is 7.94. The molecule has 2 aliphatic rings. The maximum Gasteiger partial charge on any atom is 0.128 e. The van der Waals surface area contributed by atoms with Crippen LogP contribution in [0.5, 0.6) is 0 Å². The van der Waals surface area contributed by atoms with Crippen LogP contribution in [0.3, 0.4) is 0 Å². The molecule has 0 N–H and O–H groups in total. The van der Waals surface area contributed by atoms with Crippen LogP contribution < -0.4 is 0 Å². The Morgan fingerprint density at radius 3 is 2.76 bits per heavy atom. The number of hydrogen-bond acceptors (Lipinski definition) is 4. The first kappa shape index (κ1) is 15.3. The molecule has 21 heavy (non-hydrogen) atoms. The van der Waals surface area contributed by atoms with Gasteiger partial charge in [-0.05, 0) is 19.3 Å². The van der Waals surface area contributed by atoms with E-state index >= 15 is 0 Å². The molecular weight excluding hydrogens is 288 g/mol. The maximum absolute atomic E-state index is 6.05. The van der Waals surface area contributed by atoms with E-state index in [1.165, 1.54) is 25.8 Å². The molecule has 0 radical (unpaired) electrons. The van der Waals surface area contributed by atoms with E-state index in [2.05, 4.69) is 14.8 Å². The van der Waals surface area contributed by atoms with Crippen LogP contribution in [0.15, 0.2) is 6.20 Å². The van der Waals surface area contributed by atoms with Gasteiger partial charge >= 0.3 is 0 Å². The molecule has 1 aromatic heterocycles. The quantitative estimate of drug-likeness (QED) is 0.851. The monoisotopic (exact) mass is 312 g/mol.